The molecule has 1 N–H and O–H groups in total. The van der Waals surface area contributed by atoms with Gasteiger partial charge in [-0.25, -0.2) is 8.42 Å². The Morgan fingerprint density at radius 1 is 1.28 bits per heavy atom. The highest BCUT2D eigenvalue weighted by Gasteiger charge is 2.17. The van der Waals surface area contributed by atoms with Crippen LogP contribution in [-0.2, 0) is 9.84 Å². The first kappa shape index (κ1) is 15.7. The number of hydrogen-bond acceptors (Lipinski definition) is 3. The summed E-state index contributed by atoms with van der Waals surface area (Å²) < 4.78 is 24.1. The first-order valence-corrected chi connectivity index (χ1v) is 8.68. The topological polar surface area (TPSA) is 46.2 Å². The van der Waals surface area contributed by atoms with Gasteiger partial charge in [-0.15, -0.1) is 0 Å². The van der Waals surface area contributed by atoms with E-state index in [2.05, 4.69) is 21.2 Å². The summed E-state index contributed by atoms with van der Waals surface area (Å²) in [5.74, 6) is 0.376. The van der Waals surface area contributed by atoms with E-state index >= 15 is 0 Å². The highest BCUT2D eigenvalue weighted by atomic mass is 79.9. The number of sulfone groups is 1. The number of benzene rings is 1. The Bertz CT molecular complexity index is 488. The maximum atomic E-state index is 11.5. The van der Waals surface area contributed by atoms with Crippen molar-refractivity contribution in [3.8, 4) is 0 Å². The molecule has 2 atom stereocenters. The van der Waals surface area contributed by atoms with E-state index in [1.165, 1.54) is 0 Å². The Labute approximate surface area is 118 Å². The maximum Gasteiger partial charge on any atom is 0.151 e. The van der Waals surface area contributed by atoms with Gasteiger partial charge in [0, 0.05) is 22.3 Å². The molecule has 18 heavy (non-hydrogen) atoms. The first-order chi connectivity index (χ1) is 8.35. The molecule has 0 saturated heterocycles. The van der Waals surface area contributed by atoms with E-state index in [9.17, 15) is 8.42 Å². The van der Waals surface area contributed by atoms with Gasteiger partial charge >= 0.3 is 0 Å². The van der Waals surface area contributed by atoms with Crippen LogP contribution in [0.3, 0.4) is 0 Å². The minimum Gasteiger partial charge on any atom is -0.307 e. The Kier molecular flexibility index (Phi) is 5.82. The third-order valence-electron chi connectivity index (χ3n) is 2.85. The smallest absolute Gasteiger partial charge is 0.151 e. The molecule has 0 aliphatic rings. The Morgan fingerprint density at radius 3 is 2.44 bits per heavy atom. The van der Waals surface area contributed by atoms with Crippen molar-refractivity contribution in [1.82, 2.24) is 5.32 Å². The molecule has 1 aromatic rings. The quantitative estimate of drug-likeness (QED) is 0.870. The van der Waals surface area contributed by atoms with Crippen LogP contribution in [0.5, 0.6) is 0 Å². The lowest BCUT2D eigenvalue weighted by Crippen LogP contribution is -2.35. The summed E-state index contributed by atoms with van der Waals surface area (Å²) in [5, 5.41) is 3.32. The van der Waals surface area contributed by atoms with Crippen LogP contribution in [0.15, 0.2) is 28.7 Å². The zero-order valence-electron chi connectivity index (χ0n) is 11.0. The molecule has 0 fully saturated rings. The second-order valence-corrected chi connectivity index (χ2v) is 7.76. The summed E-state index contributed by atoms with van der Waals surface area (Å²) in [4.78, 5) is 0. The number of halogens is 1. The zero-order valence-corrected chi connectivity index (χ0v) is 13.4. The van der Waals surface area contributed by atoms with Crippen molar-refractivity contribution >= 4 is 25.8 Å². The van der Waals surface area contributed by atoms with Crippen molar-refractivity contribution in [3.63, 3.8) is 0 Å². The molecule has 0 aliphatic carbocycles. The van der Waals surface area contributed by atoms with E-state index in [0.717, 1.165) is 10.0 Å². The molecule has 0 saturated carbocycles. The molecule has 0 heterocycles. The standard InChI is InChI=1S/C13H20BrNO2S/c1-4-18(16,17)9-10(2)15-11(3)12-7-5-6-8-13(12)14/h5-8,10-11,15H,4,9H2,1-3H3/t10?,11-/m1/s1. The zero-order chi connectivity index (χ0) is 13.8. The van der Waals surface area contributed by atoms with Crippen LogP contribution in [-0.4, -0.2) is 26.0 Å². The molecule has 0 radical (unpaired) electrons. The summed E-state index contributed by atoms with van der Waals surface area (Å²) in [6.07, 6.45) is 0. The van der Waals surface area contributed by atoms with Crippen molar-refractivity contribution in [3.05, 3.63) is 34.3 Å². The second-order valence-electron chi connectivity index (χ2n) is 4.51. The fourth-order valence-electron chi connectivity index (χ4n) is 1.89. The van der Waals surface area contributed by atoms with Gasteiger partial charge in [0.05, 0.1) is 5.75 Å². The van der Waals surface area contributed by atoms with E-state index < -0.39 is 9.84 Å². The van der Waals surface area contributed by atoms with Crippen molar-refractivity contribution in [2.45, 2.75) is 32.9 Å². The summed E-state index contributed by atoms with van der Waals surface area (Å²) in [5.41, 5.74) is 1.14. The fourth-order valence-corrected chi connectivity index (χ4v) is 3.61. The van der Waals surface area contributed by atoms with Crippen LogP contribution in [0.4, 0.5) is 0 Å². The highest BCUT2D eigenvalue weighted by Crippen LogP contribution is 2.23. The third kappa shape index (κ3) is 4.71. The van der Waals surface area contributed by atoms with Crippen molar-refractivity contribution in [2.24, 2.45) is 0 Å². The summed E-state index contributed by atoms with van der Waals surface area (Å²) in [7, 11) is -2.93. The van der Waals surface area contributed by atoms with E-state index in [4.69, 9.17) is 0 Å². The molecule has 0 bridgehead atoms. The SMILES string of the molecule is CCS(=O)(=O)CC(C)N[C@H](C)c1ccccc1Br. The van der Waals surface area contributed by atoms with Crippen LogP contribution in [0.2, 0.25) is 0 Å². The largest absolute Gasteiger partial charge is 0.307 e. The Balaban J connectivity index is 2.66. The van der Waals surface area contributed by atoms with Crippen molar-refractivity contribution < 1.29 is 8.42 Å². The van der Waals surface area contributed by atoms with Crippen LogP contribution < -0.4 is 5.32 Å². The van der Waals surface area contributed by atoms with Gasteiger partial charge in [-0.3, -0.25) is 0 Å². The number of rotatable bonds is 6. The highest BCUT2D eigenvalue weighted by molar-refractivity contribution is 9.10. The molecular formula is C13H20BrNO2S. The van der Waals surface area contributed by atoms with E-state index in [0.29, 0.717) is 0 Å². The predicted octanol–water partition coefficient (Wildman–Crippen LogP) is 2.92. The molecule has 0 aliphatic heterocycles. The lowest BCUT2D eigenvalue weighted by atomic mass is 10.1. The molecule has 0 amide bonds. The number of nitrogens with one attached hydrogen (secondary N) is 1. The molecule has 0 spiro atoms. The molecule has 0 aromatic heterocycles. The molecule has 3 nitrogen and oxygen atoms in total. The normalized spacial score (nSPS) is 15.3. The van der Waals surface area contributed by atoms with E-state index in [-0.39, 0.29) is 23.6 Å². The summed E-state index contributed by atoms with van der Waals surface area (Å²) in [6, 6.07) is 8.01. The molecule has 1 unspecified atom stereocenters. The lowest BCUT2D eigenvalue weighted by molar-refractivity contribution is 0.498. The van der Waals surface area contributed by atoms with E-state index in [1.54, 1.807) is 6.92 Å². The fraction of sp³-hybridized carbons (Fsp3) is 0.538. The molecular weight excluding hydrogens is 314 g/mol. The van der Waals surface area contributed by atoms with Crippen LogP contribution in [0.25, 0.3) is 0 Å². The summed E-state index contributed by atoms with van der Waals surface area (Å²) in [6.45, 7) is 5.62. The molecule has 1 rings (SSSR count). The van der Waals surface area contributed by atoms with Gasteiger partial charge in [0.1, 0.15) is 0 Å². The third-order valence-corrected chi connectivity index (χ3v) is 5.46. The van der Waals surface area contributed by atoms with Gasteiger partial charge in [-0.1, -0.05) is 41.1 Å². The monoisotopic (exact) mass is 333 g/mol. The Morgan fingerprint density at radius 2 is 1.89 bits per heavy atom. The van der Waals surface area contributed by atoms with Gasteiger partial charge in [0.25, 0.3) is 0 Å². The second kappa shape index (κ2) is 6.68. The summed E-state index contributed by atoms with van der Waals surface area (Å²) >= 11 is 3.50. The molecule has 1 aromatic carbocycles. The molecule has 5 heteroatoms. The van der Waals surface area contributed by atoms with E-state index in [1.807, 2.05) is 38.1 Å². The first-order valence-electron chi connectivity index (χ1n) is 6.06. The lowest BCUT2D eigenvalue weighted by Gasteiger charge is -2.21. The maximum absolute atomic E-state index is 11.5. The van der Waals surface area contributed by atoms with Crippen molar-refractivity contribution in [1.29, 1.82) is 0 Å². The van der Waals surface area contributed by atoms with Gasteiger partial charge in [-0.05, 0) is 25.5 Å². The minimum absolute atomic E-state index is 0.0583. The van der Waals surface area contributed by atoms with Gasteiger partial charge < -0.3 is 5.32 Å². The number of hydrogen-bond donors (Lipinski definition) is 1. The predicted molar refractivity (Wildman–Crippen MR) is 79.5 cm³/mol. The van der Waals surface area contributed by atoms with Crippen LogP contribution in [0.1, 0.15) is 32.4 Å². The van der Waals surface area contributed by atoms with Gasteiger partial charge in [0.2, 0.25) is 0 Å². The average molecular weight is 334 g/mol. The van der Waals surface area contributed by atoms with Crippen LogP contribution in [0, 0.1) is 0 Å². The average Bonchev–Trinajstić information content (AvgIpc) is 2.28. The Hall–Kier alpha value is -0.390. The van der Waals surface area contributed by atoms with Gasteiger partial charge in [-0.2, -0.15) is 0 Å². The van der Waals surface area contributed by atoms with Crippen LogP contribution >= 0.6 is 15.9 Å². The van der Waals surface area contributed by atoms with Crippen molar-refractivity contribution in [2.75, 3.05) is 11.5 Å². The van der Waals surface area contributed by atoms with Gasteiger partial charge in [0.15, 0.2) is 9.84 Å². The molecule has 102 valence electrons. The minimum atomic E-state index is -2.93.